The number of nitrogens with zero attached hydrogens (tertiary/aromatic N) is 1. The molecule has 0 aromatic carbocycles. The Kier molecular flexibility index (Phi) is 3.92. The fourth-order valence-electron chi connectivity index (χ4n) is 1.03. The number of nitrogens with one attached hydrogen (secondary N) is 1. The van der Waals surface area contributed by atoms with Crippen molar-refractivity contribution in [1.29, 1.82) is 0 Å². The number of nitrogens with two attached hydrogens (primary N) is 1. The second-order valence-corrected chi connectivity index (χ2v) is 3.82. The predicted molar refractivity (Wildman–Crippen MR) is 58.3 cm³/mol. The van der Waals surface area contributed by atoms with Crippen LogP contribution < -0.4 is 11.1 Å². The van der Waals surface area contributed by atoms with Crippen LogP contribution in [0.4, 0.5) is 5.13 Å². The Morgan fingerprint density at radius 1 is 1.69 bits per heavy atom. The number of anilines is 1. The zero-order valence-electron chi connectivity index (χ0n) is 7.84. The van der Waals surface area contributed by atoms with Gasteiger partial charge in [0.2, 0.25) is 0 Å². The van der Waals surface area contributed by atoms with Crippen molar-refractivity contribution in [3.8, 4) is 0 Å². The smallest absolute Gasteiger partial charge is 0.183 e. The number of aryl methyl sites for hydroxylation is 1. The molecule has 3 N–H and O–H groups in total. The first-order valence-corrected chi connectivity index (χ1v) is 5.10. The molecule has 1 aromatic rings. The van der Waals surface area contributed by atoms with Crippen LogP contribution in [-0.2, 0) is 6.42 Å². The monoisotopic (exact) mass is 197 g/mol. The second-order valence-electron chi connectivity index (χ2n) is 2.74. The Bertz CT molecular complexity index is 280. The summed E-state index contributed by atoms with van der Waals surface area (Å²) in [6.45, 7) is 7.09. The maximum absolute atomic E-state index is 5.48. The average molecular weight is 197 g/mol. The lowest BCUT2D eigenvalue weighted by atomic mass is 10.3. The van der Waals surface area contributed by atoms with Gasteiger partial charge in [0.1, 0.15) is 0 Å². The molecule has 0 amide bonds. The van der Waals surface area contributed by atoms with Crippen LogP contribution in [0.1, 0.15) is 10.6 Å². The standard InChI is InChI=1S/C9H15N3S/c1-3-6-11-9-12-7(2)8(13-9)4-5-10/h3H,1,4-6,10H2,2H3,(H,11,12). The van der Waals surface area contributed by atoms with E-state index >= 15 is 0 Å². The third-order valence-electron chi connectivity index (χ3n) is 1.66. The van der Waals surface area contributed by atoms with Gasteiger partial charge < -0.3 is 11.1 Å². The van der Waals surface area contributed by atoms with E-state index in [0.29, 0.717) is 6.54 Å². The summed E-state index contributed by atoms with van der Waals surface area (Å²) >= 11 is 1.67. The van der Waals surface area contributed by atoms with Gasteiger partial charge in [-0.3, -0.25) is 0 Å². The Morgan fingerprint density at radius 2 is 2.46 bits per heavy atom. The summed E-state index contributed by atoms with van der Waals surface area (Å²) in [6, 6.07) is 0. The van der Waals surface area contributed by atoms with Crippen molar-refractivity contribution in [2.75, 3.05) is 18.4 Å². The number of thiazole rings is 1. The van der Waals surface area contributed by atoms with E-state index in [4.69, 9.17) is 5.73 Å². The molecule has 0 radical (unpaired) electrons. The van der Waals surface area contributed by atoms with Gasteiger partial charge in [0, 0.05) is 11.4 Å². The number of hydrogen-bond donors (Lipinski definition) is 2. The van der Waals surface area contributed by atoms with E-state index in [9.17, 15) is 0 Å². The number of rotatable bonds is 5. The molecule has 0 saturated heterocycles. The summed E-state index contributed by atoms with van der Waals surface area (Å²) < 4.78 is 0. The highest BCUT2D eigenvalue weighted by Crippen LogP contribution is 2.22. The Hall–Kier alpha value is -0.870. The molecular weight excluding hydrogens is 182 g/mol. The fourth-order valence-corrected chi connectivity index (χ4v) is 2.01. The van der Waals surface area contributed by atoms with Crippen molar-refractivity contribution >= 4 is 16.5 Å². The molecule has 0 unspecified atom stereocenters. The first-order chi connectivity index (χ1) is 6.27. The van der Waals surface area contributed by atoms with Crippen LogP contribution in [0.15, 0.2) is 12.7 Å². The highest BCUT2D eigenvalue weighted by atomic mass is 32.1. The van der Waals surface area contributed by atoms with Gasteiger partial charge in [0.15, 0.2) is 5.13 Å². The zero-order chi connectivity index (χ0) is 9.68. The molecule has 0 aliphatic carbocycles. The minimum absolute atomic E-state index is 0.684. The molecule has 4 heteroatoms. The normalized spacial score (nSPS) is 10.0. The van der Waals surface area contributed by atoms with E-state index in [1.54, 1.807) is 11.3 Å². The molecule has 3 nitrogen and oxygen atoms in total. The van der Waals surface area contributed by atoms with Crippen molar-refractivity contribution in [1.82, 2.24) is 4.98 Å². The Balaban J connectivity index is 2.64. The molecule has 13 heavy (non-hydrogen) atoms. The van der Waals surface area contributed by atoms with Gasteiger partial charge in [0.25, 0.3) is 0 Å². The van der Waals surface area contributed by atoms with Crippen LogP contribution >= 0.6 is 11.3 Å². The molecular formula is C9H15N3S. The van der Waals surface area contributed by atoms with Crippen LogP contribution in [0.5, 0.6) is 0 Å². The van der Waals surface area contributed by atoms with E-state index in [0.717, 1.165) is 23.8 Å². The lowest BCUT2D eigenvalue weighted by molar-refractivity contribution is 0.970. The molecule has 1 aromatic heterocycles. The van der Waals surface area contributed by atoms with E-state index < -0.39 is 0 Å². The summed E-state index contributed by atoms with van der Waals surface area (Å²) in [6.07, 6.45) is 2.73. The van der Waals surface area contributed by atoms with Gasteiger partial charge in [0.05, 0.1) is 5.69 Å². The van der Waals surface area contributed by atoms with Crippen molar-refractivity contribution in [2.24, 2.45) is 5.73 Å². The molecule has 0 saturated carbocycles. The topological polar surface area (TPSA) is 50.9 Å². The molecule has 1 heterocycles. The minimum atomic E-state index is 0.684. The maximum atomic E-state index is 5.48. The largest absolute Gasteiger partial charge is 0.358 e. The van der Waals surface area contributed by atoms with Gasteiger partial charge in [-0.05, 0) is 19.9 Å². The SMILES string of the molecule is C=CCNc1nc(C)c(CCN)s1. The first kappa shape index (κ1) is 10.2. The molecule has 0 aliphatic rings. The van der Waals surface area contributed by atoms with Crippen molar-refractivity contribution in [2.45, 2.75) is 13.3 Å². The van der Waals surface area contributed by atoms with Gasteiger partial charge in [-0.15, -0.1) is 17.9 Å². The van der Waals surface area contributed by atoms with Gasteiger partial charge in [-0.25, -0.2) is 4.98 Å². The van der Waals surface area contributed by atoms with E-state index in [1.165, 1.54) is 4.88 Å². The quantitative estimate of drug-likeness (QED) is 0.704. The van der Waals surface area contributed by atoms with Gasteiger partial charge in [-0.1, -0.05) is 6.08 Å². The summed E-state index contributed by atoms with van der Waals surface area (Å²) in [5.74, 6) is 0. The molecule has 0 aliphatic heterocycles. The number of aromatic nitrogens is 1. The highest BCUT2D eigenvalue weighted by molar-refractivity contribution is 7.15. The summed E-state index contributed by atoms with van der Waals surface area (Å²) in [5.41, 5.74) is 6.57. The third kappa shape index (κ3) is 2.82. The Morgan fingerprint density at radius 3 is 3.08 bits per heavy atom. The molecule has 0 atom stereocenters. The second kappa shape index (κ2) is 4.99. The number of hydrogen-bond acceptors (Lipinski definition) is 4. The highest BCUT2D eigenvalue weighted by Gasteiger charge is 2.04. The fraction of sp³-hybridized carbons (Fsp3) is 0.444. The van der Waals surface area contributed by atoms with Crippen LogP contribution in [0.25, 0.3) is 0 Å². The minimum Gasteiger partial charge on any atom is -0.358 e. The summed E-state index contributed by atoms with van der Waals surface area (Å²) in [4.78, 5) is 5.64. The van der Waals surface area contributed by atoms with E-state index in [-0.39, 0.29) is 0 Å². The molecule has 72 valence electrons. The van der Waals surface area contributed by atoms with E-state index in [1.807, 2.05) is 13.0 Å². The van der Waals surface area contributed by atoms with Gasteiger partial charge >= 0.3 is 0 Å². The van der Waals surface area contributed by atoms with Crippen LogP contribution in [0, 0.1) is 6.92 Å². The molecule has 0 bridgehead atoms. The summed E-state index contributed by atoms with van der Waals surface area (Å²) in [5, 5.41) is 4.12. The molecule has 0 fully saturated rings. The predicted octanol–water partition coefficient (Wildman–Crippen LogP) is 1.55. The zero-order valence-corrected chi connectivity index (χ0v) is 8.66. The third-order valence-corrected chi connectivity index (χ3v) is 2.84. The lowest BCUT2D eigenvalue weighted by Crippen LogP contribution is -2.01. The van der Waals surface area contributed by atoms with Crippen LogP contribution in [0.2, 0.25) is 0 Å². The van der Waals surface area contributed by atoms with Gasteiger partial charge in [-0.2, -0.15) is 0 Å². The lowest BCUT2D eigenvalue weighted by Gasteiger charge is -1.94. The Labute approximate surface area is 82.7 Å². The first-order valence-electron chi connectivity index (χ1n) is 4.29. The van der Waals surface area contributed by atoms with Crippen molar-refractivity contribution in [3.05, 3.63) is 23.2 Å². The van der Waals surface area contributed by atoms with Crippen molar-refractivity contribution < 1.29 is 0 Å². The van der Waals surface area contributed by atoms with Crippen LogP contribution in [-0.4, -0.2) is 18.1 Å². The maximum Gasteiger partial charge on any atom is 0.183 e. The summed E-state index contributed by atoms with van der Waals surface area (Å²) in [7, 11) is 0. The molecule has 1 rings (SSSR count). The average Bonchev–Trinajstić information content (AvgIpc) is 2.45. The molecule has 0 spiro atoms. The van der Waals surface area contributed by atoms with Crippen molar-refractivity contribution in [3.63, 3.8) is 0 Å². The van der Waals surface area contributed by atoms with E-state index in [2.05, 4.69) is 16.9 Å². The van der Waals surface area contributed by atoms with Crippen LogP contribution in [0.3, 0.4) is 0 Å².